The molecule has 3 aromatic rings. The molecule has 0 bridgehead atoms. The number of hydrogen-bond acceptors (Lipinski definition) is 4. The van der Waals surface area contributed by atoms with Crippen molar-refractivity contribution in [1.29, 1.82) is 0 Å². The summed E-state index contributed by atoms with van der Waals surface area (Å²) in [4.78, 5) is 30.5. The molecule has 0 aliphatic carbocycles. The first-order valence-corrected chi connectivity index (χ1v) is 10.9. The molecule has 2 heterocycles. The third kappa shape index (κ3) is 3.54. The van der Waals surface area contributed by atoms with Gasteiger partial charge in [-0.3, -0.25) is 19.4 Å². The minimum atomic E-state index is -1.84. The normalized spacial score (nSPS) is 21.5. The van der Waals surface area contributed by atoms with Crippen LogP contribution in [0.2, 0.25) is 0 Å². The summed E-state index contributed by atoms with van der Waals surface area (Å²) in [5.74, 6) is -0.648. The lowest BCUT2D eigenvalue weighted by Crippen LogP contribution is -2.47. The highest BCUT2D eigenvalue weighted by Crippen LogP contribution is 2.43. The zero-order valence-electron chi connectivity index (χ0n) is 17.5. The highest BCUT2D eigenvalue weighted by Gasteiger charge is 2.51. The summed E-state index contributed by atoms with van der Waals surface area (Å²) in [5.41, 5.74) is -0.111. The van der Waals surface area contributed by atoms with Gasteiger partial charge in [-0.2, -0.15) is 0 Å². The van der Waals surface area contributed by atoms with E-state index in [4.69, 9.17) is 0 Å². The largest absolute Gasteiger partial charge is 0.375 e. The molecular formula is C26H26N2O3. The molecule has 2 aliphatic heterocycles. The molecule has 5 nitrogen and oxygen atoms in total. The highest BCUT2D eigenvalue weighted by molar-refractivity contribution is 6.11. The monoisotopic (exact) mass is 414 g/mol. The molecule has 158 valence electrons. The number of benzene rings is 3. The minimum Gasteiger partial charge on any atom is -0.375 e. The van der Waals surface area contributed by atoms with Crippen molar-refractivity contribution < 1.29 is 14.7 Å². The summed E-state index contributed by atoms with van der Waals surface area (Å²) in [6.45, 7) is 2.34. The molecule has 1 N–H and O–H groups in total. The van der Waals surface area contributed by atoms with Gasteiger partial charge in [-0.05, 0) is 48.8 Å². The van der Waals surface area contributed by atoms with Crippen molar-refractivity contribution in [2.24, 2.45) is 0 Å². The van der Waals surface area contributed by atoms with Gasteiger partial charge in [0.2, 0.25) is 0 Å². The molecule has 1 amide bonds. The quantitative estimate of drug-likeness (QED) is 0.639. The number of ketones is 1. The number of nitrogens with zero attached hydrogens (tertiary/aromatic N) is 2. The summed E-state index contributed by atoms with van der Waals surface area (Å²) in [6, 6.07) is 20.6. The van der Waals surface area contributed by atoms with Crippen molar-refractivity contribution in [3.8, 4) is 0 Å². The Morgan fingerprint density at radius 3 is 2.42 bits per heavy atom. The number of fused-ring (bicyclic) bond motifs is 2. The second-order valence-corrected chi connectivity index (χ2v) is 8.59. The molecule has 1 atom stereocenters. The number of aliphatic hydroxyl groups is 1. The van der Waals surface area contributed by atoms with Gasteiger partial charge in [0.1, 0.15) is 0 Å². The Labute approximate surface area is 181 Å². The number of likely N-dealkylation sites (tertiary alicyclic amines) is 1. The lowest BCUT2D eigenvalue weighted by atomic mass is 9.88. The van der Waals surface area contributed by atoms with Crippen LogP contribution in [0.4, 0.5) is 5.69 Å². The number of para-hydroxylation sites is 1. The number of anilines is 1. The molecule has 0 spiro atoms. The zero-order chi connectivity index (χ0) is 21.4. The van der Waals surface area contributed by atoms with E-state index in [1.165, 1.54) is 6.42 Å². The third-order valence-corrected chi connectivity index (χ3v) is 6.52. The Bertz CT molecular complexity index is 1150. The number of hydrogen-bond donors (Lipinski definition) is 1. The van der Waals surface area contributed by atoms with Crippen LogP contribution in [0, 0.1) is 0 Å². The van der Waals surface area contributed by atoms with Crippen LogP contribution in [0.15, 0.2) is 66.7 Å². The van der Waals surface area contributed by atoms with Gasteiger partial charge in [0.05, 0.1) is 18.8 Å². The lowest BCUT2D eigenvalue weighted by molar-refractivity contribution is -0.136. The Morgan fingerprint density at radius 2 is 1.61 bits per heavy atom. The molecule has 31 heavy (non-hydrogen) atoms. The molecule has 0 saturated carbocycles. The Morgan fingerprint density at radius 1 is 0.903 bits per heavy atom. The van der Waals surface area contributed by atoms with Gasteiger partial charge >= 0.3 is 0 Å². The smallest absolute Gasteiger partial charge is 0.265 e. The predicted octanol–water partition coefficient (Wildman–Crippen LogP) is 4.09. The second-order valence-electron chi connectivity index (χ2n) is 8.59. The highest BCUT2D eigenvalue weighted by atomic mass is 16.3. The summed E-state index contributed by atoms with van der Waals surface area (Å²) in [5, 5.41) is 13.5. The van der Waals surface area contributed by atoms with Crippen molar-refractivity contribution in [2.75, 3.05) is 24.7 Å². The average molecular weight is 415 g/mol. The van der Waals surface area contributed by atoms with E-state index in [1.807, 2.05) is 54.6 Å². The first-order chi connectivity index (χ1) is 15.1. The van der Waals surface area contributed by atoms with Crippen LogP contribution < -0.4 is 4.90 Å². The number of piperidine rings is 1. The first-order valence-electron chi connectivity index (χ1n) is 10.9. The number of rotatable bonds is 5. The van der Waals surface area contributed by atoms with Crippen LogP contribution in [0.3, 0.4) is 0 Å². The maximum atomic E-state index is 13.4. The Kier molecular flexibility index (Phi) is 5.08. The van der Waals surface area contributed by atoms with Crippen LogP contribution in [-0.4, -0.2) is 41.5 Å². The van der Waals surface area contributed by atoms with Crippen molar-refractivity contribution in [1.82, 2.24) is 4.90 Å². The van der Waals surface area contributed by atoms with E-state index >= 15 is 0 Å². The van der Waals surface area contributed by atoms with Gasteiger partial charge in [0.25, 0.3) is 5.91 Å². The van der Waals surface area contributed by atoms with Crippen molar-refractivity contribution in [3.05, 3.63) is 77.9 Å². The van der Waals surface area contributed by atoms with Crippen molar-refractivity contribution in [3.63, 3.8) is 0 Å². The second kappa shape index (κ2) is 7.91. The zero-order valence-corrected chi connectivity index (χ0v) is 17.5. The predicted molar refractivity (Wildman–Crippen MR) is 121 cm³/mol. The standard InChI is InChI=1S/C26H26N2O3/c29-24(21-13-12-19-8-2-3-9-20(19)16-21)17-26(31)22-10-4-5-11-23(22)28(25(26)30)18-27-14-6-1-7-15-27/h2-5,8-13,16,31H,1,6-7,14-15,17-18H2/t26-/m1/s1. The number of carbonyl (C=O) groups is 2. The van der Waals surface area contributed by atoms with Gasteiger partial charge in [-0.15, -0.1) is 0 Å². The number of amides is 1. The van der Waals surface area contributed by atoms with Gasteiger partial charge in [0.15, 0.2) is 11.4 Å². The maximum absolute atomic E-state index is 13.4. The Balaban J connectivity index is 1.44. The van der Waals surface area contributed by atoms with E-state index < -0.39 is 11.5 Å². The molecule has 1 fully saturated rings. The maximum Gasteiger partial charge on any atom is 0.265 e. The summed E-state index contributed by atoms with van der Waals surface area (Å²) in [6.07, 6.45) is 3.19. The van der Waals surface area contributed by atoms with E-state index in [0.29, 0.717) is 23.5 Å². The minimum absolute atomic E-state index is 0.240. The van der Waals surface area contributed by atoms with Crippen LogP contribution in [0.1, 0.15) is 41.6 Å². The van der Waals surface area contributed by atoms with E-state index in [2.05, 4.69) is 4.90 Å². The Hall–Kier alpha value is -3.02. The topological polar surface area (TPSA) is 60.9 Å². The van der Waals surface area contributed by atoms with Gasteiger partial charge in [0, 0.05) is 11.1 Å². The fraction of sp³-hybridized carbons (Fsp3) is 0.308. The average Bonchev–Trinajstić information content (AvgIpc) is 3.01. The summed E-state index contributed by atoms with van der Waals surface area (Å²) < 4.78 is 0. The van der Waals surface area contributed by atoms with E-state index in [0.717, 1.165) is 36.7 Å². The van der Waals surface area contributed by atoms with Crippen LogP contribution in [0.25, 0.3) is 10.8 Å². The van der Waals surface area contributed by atoms with Gasteiger partial charge in [-0.25, -0.2) is 0 Å². The fourth-order valence-electron chi connectivity index (χ4n) is 4.82. The lowest BCUT2D eigenvalue weighted by Gasteiger charge is -2.31. The summed E-state index contributed by atoms with van der Waals surface area (Å²) in [7, 11) is 0. The van der Waals surface area contributed by atoms with Gasteiger partial charge < -0.3 is 5.11 Å². The molecule has 2 aliphatic rings. The molecule has 0 unspecified atom stereocenters. The van der Waals surface area contributed by atoms with Crippen LogP contribution in [0.5, 0.6) is 0 Å². The van der Waals surface area contributed by atoms with E-state index in [1.54, 1.807) is 17.0 Å². The fourth-order valence-corrected chi connectivity index (χ4v) is 4.82. The molecule has 0 aromatic heterocycles. The van der Waals surface area contributed by atoms with Crippen LogP contribution in [-0.2, 0) is 10.4 Å². The number of carbonyl (C=O) groups excluding carboxylic acids is 2. The summed E-state index contributed by atoms with van der Waals surface area (Å²) >= 11 is 0. The molecule has 5 heteroatoms. The van der Waals surface area contributed by atoms with E-state index in [-0.39, 0.29) is 12.2 Å². The van der Waals surface area contributed by atoms with E-state index in [9.17, 15) is 14.7 Å². The van der Waals surface area contributed by atoms with Crippen LogP contribution >= 0.6 is 0 Å². The molecule has 1 saturated heterocycles. The molecule has 3 aromatic carbocycles. The first kappa shape index (κ1) is 19.9. The SMILES string of the molecule is O=C(C[C@]1(O)C(=O)N(CN2CCCCC2)c2ccccc21)c1ccc2ccccc2c1. The molecular weight excluding hydrogens is 388 g/mol. The van der Waals surface area contributed by atoms with Crippen molar-refractivity contribution >= 4 is 28.2 Å². The molecule has 0 radical (unpaired) electrons. The molecule has 5 rings (SSSR count). The van der Waals surface area contributed by atoms with Crippen molar-refractivity contribution in [2.45, 2.75) is 31.3 Å². The number of Topliss-reactive ketones (excluding diaryl/α,β-unsaturated/α-hetero) is 1. The van der Waals surface area contributed by atoms with Gasteiger partial charge in [-0.1, -0.05) is 61.0 Å². The third-order valence-electron chi connectivity index (χ3n) is 6.52.